The van der Waals surface area contributed by atoms with Gasteiger partial charge in [-0.1, -0.05) is 27.7 Å². The van der Waals surface area contributed by atoms with Gasteiger partial charge in [-0.15, -0.1) is 0 Å². The quantitative estimate of drug-likeness (QED) is 0.568. The molecule has 0 spiro atoms. The van der Waals surface area contributed by atoms with Crippen molar-refractivity contribution in [1.82, 2.24) is 4.90 Å². The number of nitrogens with zero attached hydrogens (tertiary/aromatic N) is 1. The van der Waals surface area contributed by atoms with Gasteiger partial charge in [0.2, 0.25) is 0 Å². The summed E-state index contributed by atoms with van der Waals surface area (Å²) in [6.07, 6.45) is 0. The summed E-state index contributed by atoms with van der Waals surface area (Å²) in [6.45, 7) is 14.9. The molecule has 0 heterocycles. The lowest BCUT2D eigenvalue weighted by Crippen LogP contribution is -2.33. The second-order valence-corrected chi connectivity index (χ2v) is 4.45. The molecule has 0 bridgehead atoms. The summed E-state index contributed by atoms with van der Waals surface area (Å²) >= 11 is 0. The van der Waals surface area contributed by atoms with E-state index in [0.717, 1.165) is 38.3 Å². The van der Waals surface area contributed by atoms with Crippen molar-refractivity contribution in [2.45, 2.75) is 34.6 Å². The van der Waals surface area contributed by atoms with Gasteiger partial charge in [0.1, 0.15) is 0 Å². The molecule has 0 amide bonds. The van der Waals surface area contributed by atoms with Crippen LogP contribution >= 0.6 is 0 Å². The summed E-state index contributed by atoms with van der Waals surface area (Å²) in [5.41, 5.74) is 0. The van der Waals surface area contributed by atoms with Gasteiger partial charge in [0.25, 0.3) is 0 Å². The van der Waals surface area contributed by atoms with Crippen molar-refractivity contribution in [3.63, 3.8) is 0 Å². The fourth-order valence-corrected chi connectivity index (χ4v) is 1.43. The maximum atomic E-state index is 5.42. The highest BCUT2D eigenvalue weighted by atomic mass is 16.5. The molecule has 13 heavy (non-hydrogen) atoms. The Balaban J connectivity index is 3.73. The van der Waals surface area contributed by atoms with Crippen molar-refractivity contribution in [2.24, 2.45) is 11.8 Å². The van der Waals surface area contributed by atoms with Crippen LogP contribution in [0, 0.1) is 11.8 Å². The predicted octanol–water partition coefficient (Wildman–Crippen LogP) is 2.59. The van der Waals surface area contributed by atoms with Crippen LogP contribution < -0.4 is 0 Å². The van der Waals surface area contributed by atoms with Gasteiger partial charge in [0.05, 0.1) is 6.73 Å². The predicted molar refractivity (Wildman–Crippen MR) is 57.7 cm³/mol. The molecule has 0 atom stereocenters. The first kappa shape index (κ1) is 12.9. The van der Waals surface area contributed by atoms with Crippen molar-refractivity contribution < 1.29 is 4.74 Å². The van der Waals surface area contributed by atoms with Gasteiger partial charge < -0.3 is 4.74 Å². The minimum Gasteiger partial charge on any atom is -0.366 e. The van der Waals surface area contributed by atoms with E-state index in [0.29, 0.717) is 0 Å². The van der Waals surface area contributed by atoms with Gasteiger partial charge in [-0.05, 0) is 18.8 Å². The Labute approximate surface area is 83.3 Å². The normalized spacial score (nSPS) is 12.0. The Morgan fingerprint density at radius 1 is 1.00 bits per heavy atom. The lowest BCUT2D eigenvalue weighted by atomic mass is 10.1. The van der Waals surface area contributed by atoms with E-state index in [9.17, 15) is 0 Å². The molecule has 80 valence electrons. The third-order valence-corrected chi connectivity index (χ3v) is 1.72. The van der Waals surface area contributed by atoms with Crippen LogP contribution in [0.25, 0.3) is 0 Å². The lowest BCUT2D eigenvalue weighted by molar-refractivity contribution is 0.0230. The van der Waals surface area contributed by atoms with Crippen molar-refractivity contribution in [2.75, 3.05) is 26.4 Å². The lowest BCUT2D eigenvalue weighted by Gasteiger charge is -2.25. The van der Waals surface area contributed by atoms with Crippen LogP contribution in [0.15, 0.2) is 0 Å². The highest BCUT2D eigenvalue weighted by Gasteiger charge is 2.08. The topological polar surface area (TPSA) is 12.5 Å². The zero-order valence-electron chi connectivity index (χ0n) is 9.84. The van der Waals surface area contributed by atoms with Crippen molar-refractivity contribution in [3.05, 3.63) is 0 Å². The second kappa shape index (κ2) is 7.34. The highest BCUT2D eigenvalue weighted by Crippen LogP contribution is 2.03. The van der Waals surface area contributed by atoms with Crippen molar-refractivity contribution in [3.8, 4) is 0 Å². The van der Waals surface area contributed by atoms with Gasteiger partial charge in [-0.3, -0.25) is 4.90 Å². The Kier molecular flexibility index (Phi) is 7.29. The van der Waals surface area contributed by atoms with Gasteiger partial charge in [-0.25, -0.2) is 0 Å². The molecule has 0 unspecified atom stereocenters. The smallest absolute Gasteiger partial charge is 0.0990 e. The largest absolute Gasteiger partial charge is 0.366 e. The van der Waals surface area contributed by atoms with Crippen molar-refractivity contribution in [1.29, 1.82) is 0 Å². The molecule has 0 N–H and O–H groups in total. The minimum absolute atomic E-state index is 0.721. The number of rotatable bonds is 7. The number of hydrogen-bond donors (Lipinski definition) is 0. The fourth-order valence-electron chi connectivity index (χ4n) is 1.43. The molecule has 0 aromatic heterocycles. The van der Waals surface area contributed by atoms with Crippen LogP contribution in [0.3, 0.4) is 0 Å². The molecule has 0 aliphatic heterocycles. The molecule has 0 radical (unpaired) electrons. The second-order valence-electron chi connectivity index (χ2n) is 4.45. The average Bonchev–Trinajstić information content (AvgIpc) is 1.98. The molecule has 0 aliphatic carbocycles. The van der Waals surface area contributed by atoms with E-state index in [2.05, 4.69) is 32.6 Å². The van der Waals surface area contributed by atoms with Crippen LogP contribution in [-0.4, -0.2) is 31.3 Å². The van der Waals surface area contributed by atoms with Crippen LogP contribution in [0.4, 0.5) is 0 Å². The maximum absolute atomic E-state index is 5.42. The molecule has 0 saturated carbocycles. The van der Waals surface area contributed by atoms with E-state index >= 15 is 0 Å². The first-order chi connectivity index (χ1) is 6.06. The number of hydrogen-bond acceptors (Lipinski definition) is 2. The third kappa shape index (κ3) is 8.26. The summed E-state index contributed by atoms with van der Waals surface area (Å²) in [5, 5.41) is 0. The average molecular weight is 187 g/mol. The summed E-state index contributed by atoms with van der Waals surface area (Å²) in [6, 6.07) is 0. The zero-order valence-corrected chi connectivity index (χ0v) is 9.84. The zero-order chi connectivity index (χ0) is 10.3. The highest BCUT2D eigenvalue weighted by molar-refractivity contribution is 4.58. The molecule has 2 nitrogen and oxygen atoms in total. The molecular weight excluding hydrogens is 162 g/mol. The standard InChI is InChI=1S/C11H25NO/c1-6-13-9-12(7-10(2)3)8-11(4)5/h10-11H,6-9H2,1-5H3. The maximum Gasteiger partial charge on any atom is 0.0990 e. The van der Waals surface area contributed by atoms with Gasteiger partial charge in [0.15, 0.2) is 0 Å². The van der Waals surface area contributed by atoms with Crippen LogP contribution in [0.1, 0.15) is 34.6 Å². The molecule has 0 rings (SSSR count). The molecule has 0 saturated heterocycles. The SMILES string of the molecule is CCOCN(CC(C)C)CC(C)C. The van der Waals surface area contributed by atoms with E-state index in [4.69, 9.17) is 4.74 Å². The molecule has 0 aromatic carbocycles. The van der Waals surface area contributed by atoms with Crippen molar-refractivity contribution >= 4 is 0 Å². The monoisotopic (exact) mass is 187 g/mol. The van der Waals surface area contributed by atoms with Gasteiger partial charge in [-0.2, -0.15) is 0 Å². The summed E-state index contributed by atoms with van der Waals surface area (Å²) in [7, 11) is 0. The van der Waals surface area contributed by atoms with Crippen LogP contribution in [0.5, 0.6) is 0 Å². The van der Waals surface area contributed by atoms with E-state index in [1.54, 1.807) is 0 Å². The number of ether oxygens (including phenoxy) is 1. The van der Waals surface area contributed by atoms with Crippen LogP contribution in [-0.2, 0) is 4.74 Å². The van der Waals surface area contributed by atoms with E-state index in [1.807, 2.05) is 6.92 Å². The summed E-state index contributed by atoms with van der Waals surface area (Å²) in [4.78, 5) is 2.39. The molecule has 0 aromatic rings. The summed E-state index contributed by atoms with van der Waals surface area (Å²) in [5.74, 6) is 1.44. The Bertz CT molecular complexity index is 103. The van der Waals surface area contributed by atoms with Gasteiger partial charge in [0, 0.05) is 19.7 Å². The Morgan fingerprint density at radius 3 is 1.77 bits per heavy atom. The third-order valence-electron chi connectivity index (χ3n) is 1.72. The Hall–Kier alpha value is -0.0800. The first-order valence-electron chi connectivity index (χ1n) is 5.36. The van der Waals surface area contributed by atoms with Crippen LogP contribution in [0.2, 0.25) is 0 Å². The van der Waals surface area contributed by atoms with E-state index in [-0.39, 0.29) is 0 Å². The van der Waals surface area contributed by atoms with E-state index in [1.165, 1.54) is 0 Å². The minimum atomic E-state index is 0.721. The Morgan fingerprint density at radius 2 is 1.46 bits per heavy atom. The summed E-state index contributed by atoms with van der Waals surface area (Å²) < 4.78 is 5.42. The molecule has 2 heteroatoms. The molecular formula is C11H25NO. The molecule has 0 fully saturated rings. The molecule has 0 aliphatic rings. The fraction of sp³-hybridized carbons (Fsp3) is 1.00. The van der Waals surface area contributed by atoms with E-state index < -0.39 is 0 Å². The van der Waals surface area contributed by atoms with Gasteiger partial charge >= 0.3 is 0 Å². The first-order valence-corrected chi connectivity index (χ1v) is 5.36.